The topological polar surface area (TPSA) is 66.4 Å². The Morgan fingerprint density at radius 2 is 1.89 bits per heavy atom. The van der Waals surface area contributed by atoms with Gasteiger partial charge in [0.15, 0.2) is 0 Å². The summed E-state index contributed by atoms with van der Waals surface area (Å²) in [5.74, 6) is -0.124. The molecule has 0 aliphatic carbocycles. The van der Waals surface area contributed by atoms with Crippen LogP contribution in [0.5, 0.6) is 0 Å². The van der Waals surface area contributed by atoms with Crippen LogP contribution >= 0.6 is 11.8 Å². The minimum Gasteiger partial charge on any atom is -0.480 e. The van der Waals surface area contributed by atoms with Gasteiger partial charge in [-0.2, -0.15) is 11.8 Å². The molecule has 0 aromatic rings. The van der Waals surface area contributed by atoms with Gasteiger partial charge in [-0.1, -0.05) is 27.7 Å². The molecule has 0 aliphatic heterocycles. The first kappa shape index (κ1) is 18.3. The molecule has 0 radical (unpaired) electrons. The molecule has 0 aliphatic rings. The van der Waals surface area contributed by atoms with E-state index >= 15 is 0 Å². The van der Waals surface area contributed by atoms with Crippen molar-refractivity contribution in [2.45, 2.75) is 53.0 Å². The Bertz CT molecular complexity index is 300. The molecule has 1 amide bonds. The summed E-state index contributed by atoms with van der Waals surface area (Å²) in [7, 11) is 0. The smallest absolute Gasteiger partial charge is 0.326 e. The summed E-state index contributed by atoms with van der Waals surface area (Å²) in [4.78, 5) is 22.9. The van der Waals surface area contributed by atoms with Crippen LogP contribution in [-0.4, -0.2) is 35.0 Å². The van der Waals surface area contributed by atoms with E-state index in [0.717, 1.165) is 12.2 Å². The fraction of sp³-hybridized carbons (Fsp3) is 0.857. The van der Waals surface area contributed by atoms with E-state index in [2.05, 4.69) is 26.1 Å². The number of carbonyl (C=O) groups is 2. The average molecular weight is 289 g/mol. The second-order valence-electron chi connectivity index (χ2n) is 6.31. The Kier molecular flexibility index (Phi) is 8.14. The Morgan fingerprint density at radius 3 is 2.32 bits per heavy atom. The van der Waals surface area contributed by atoms with Crippen LogP contribution in [0, 0.1) is 11.3 Å². The van der Waals surface area contributed by atoms with Crippen molar-refractivity contribution in [3.05, 3.63) is 0 Å². The minimum atomic E-state index is -0.953. The molecule has 0 aromatic heterocycles. The molecular weight excluding hydrogens is 262 g/mol. The maximum Gasteiger partial charge on any atom is 0.326 e. The standard InChI is InChI=1S/C14H27NO3S/c1-10(9-14(2,3)4)8-12(16)15-11(13(17)18)6-7-19-5/h10-11H,6-9H2,1-5H3,(H,15,16)(H,17,18). The third-order valence-electron chi connectivity index (χ3n) is 2.74. The molecule has 0 aromatic carbocycles. The lowest BCUT2D eigenvalue weighted by atomic mass is 9.84. The highest BCUT2D eigenvalue weighted by atomic mass is 32.2. The van der Waals surface area contributed by atoms with Gasteiger partial charge in [0.05, 0.1) is 0 Å². The van der Waals surface area contributed by atoms with Gasteiger partial charge in [0.1, 0.15) is 6.04 Å². The van der Waals surface area contributed by atoms with Crippen molar-refractivity contribution in [3.63, 3.8) is 0 Å². The Morgan fingerprint density at radius 1 is 1.32 bits per heavy atom. The van der Waals surface area contributed by atoms with Crippen molar-refractivity contribution in [1.82, 2.24) is 5.32 Å². The molecule has 2 N–H and O–H groups in total. The van der Waals surface area contributed by atoms with Crippen molar-refractivity contribution >= 4 is 23.6 Å². The van der Waals surface area contributed by atoms with Crippen LogP contribution in [0.15, 0.2) is 0 Å². The lowest BCUT2D eigenvalue weighted by Crippen LogP contribution is -2.41. The molecule has 0 heterocycles. The van der Waals surface area contributed by atoms with Crippen molar-refractivity contribution in [2.24, 2.45) is 11.3 Å². The molecule has 112 valence electrons. The summed E-state index contributed by atoms with van der Waals surface area (Å²) in [6.45, 7) is 8.45. The summed E-state index contributed by atoms with van der Waals surface area (Å²) >= 11 is 1.58. The van der Waals surface area contributed by atoms with Crippen LogP contribution in [-0.2, 0) is 9.59 Å². The highest BCUT2D eigenvalue weighted by Gasteiger charge is 2.22. The number of amides is 1. The second-order valence-corrected chi connectivity index (χ2v) is 7.30. The number of carboxylic acid groups (broad SMARTS) is 1. The van der Waals surface area contributed by atoms with Gasteiger partial charge in [0.25, 0.3) is 0 Å². The highest BCUT2D eigenvalue weighted by molar-refractivity contribution is 7.98. The molecule has 0 saturated carbocycles. The van der Waals surface area contributed by atoms with E-state index in [1.807, 2.05) is 13.2 Å². The molecule has 2 unspecified atom stereocenters. The molecular formula is C14H27NO3S. The van der Waals surface area contributed by atoms with E-state index in [1.54, 1.807) is 11.8 Å². The normalized spacial score (nSPS) is 14.8. The van der Waals surface area contributed by atoms with E-state index in [-0.39, 0.29) is 17.2 Å². The Hall–Kier alpha value is -0.710. The summed E-state index contributed by atoms with van der Waals surface area (Å²) in [5, 5.41) is 11.7. The summed E-state index contributed by atoms with van der Waals surface area (Å²) in [5.41, 5.74) is 0.185. The molecule has 0 rings (SSSR count). The monoisotopic (exact) mass is 289 g/mol. The zero-order valence-electron chi connectivity index (χ0n) is 12.7. The van der Waals surface area contributed by atoms with Gasteiger partial charge in [-0.15, -0.1) is 0 Å². The number of carbonyl (C=O) groups excluding carboxylic acids is 1. The largest absolute Gasteiger partial charge is 0.480 e. The van der Waals surface area contributed by atoms with Gasteiger partial charge in [0.2, 0.25) is 5.91 Å². The Labute approximate surface area is 120 Å². The molecule has 5 heteroatoms. The van der Waals surface area contributed by atoms with E-state index in [0.29, 0.717) is 12.8 Å². The van der Waals surface area contributed by atoms with Gasteiger partial charge in [-0.25, -0.2) is 4.79 Å². The highest BCUT2D eigenvalue weighted by Crippen LogP contribution is 2.25. The summed E-state index contributed by atoms with van der Waals surface area (Å²) < 4.78 is 0. The van der Waals surface area contributed by atoms with Crippen molar-refractivity contribution in [2.75, 3.05) is 12.0 Å². The van der Waals surface area contributed by atoms with Crippen LogP contribution in [0.25, 0.3) is 0 Å². The molecule has 4 nitrogen and oxygen atoms in total. The zero-order chi connectivity index (χ0) is 15.1. The third-order valence-corrected chi connectivity index (χ3v) is 3.38. The van der Waals surface area contributed by atoms with Crippen LogP contribution < -0.4 is 5.32 Å². The van der Waals surface area contributed by atoms with Crippen molar-refractivity contribution in [3.8, 4) is 0 Å². The lowest BCUT2D eigenvalue weighted by Gasteiger charge is -2.23. The van der Waals surface area contributed by atoms with Crippen LogP contribution in [0.3, 0.4) is 0 Å². The molecule has 2 atom stereocenters. The summed E-state index contributed by atoms with van der Waals surface area (Å²) in [6.07, 6.45) is 3.73. The van der Waals surface area contributed by atoms with Crippen molar-refractivity contribution < 1.29 is 14.7 Å². The van der Waals surface area contributed by atoms with Crippen LogP contribution in [0.2, 0.25) is 0 Å². The van der Waals surface area contributed by atoms with Gasteiger partial charge in [0, 0.05) is 6.42 Å². The van der Waals surface area contributed by atoms with E-state index < -0.39 is 12.0 Å². The quantitative estimate of drug-likeness (QED) is 0.721. The van der Waals surface area contributed by atoms with Gasteiger partial charge in [-0.3, -0.25) is 4.79 Å². The number of hydrogen-bond acceptors (Lipinski definition) is 3. The van der Waals surface area contributed by atoms with E-state index in [1.165, 1.54) is 0 Å². The second kappa shape index (κ2) is 8.46. The first-order valence-electron chi connectivity index (χ1n) is 6.67. The number of hydrogen-bond donors (Lipinski definition) is 2. The number of rotatable bonds is 8. The average Bonchev–Trinajstić information content (AvgIpc) is 2.20. The van der Waals surface area contributed by atoms with Gasteiger partial charge in [-0.05, 0) is 36.2 Å². The van der Waals surface area contributed by atoms with E-state index in [9.17, 15) is 9.59 Å². The fourth-order valence-corrected chi connectivity index (χ4v) is 2.65. The van der Waals surface area contributed by atoms with Gasteiger partial charge >= 0.3 is 5.97 Å². The first-order chi connectivity index (χ1) is 8.65. The molecule has 0 spiro atoms. The molecule has 0 bridgehead atoms. The Balaban J connectivity index is 4.22. The maximum atomic E-state index is 11.8. The lowest BCUT2D eigenvalue weighted by molar-refractivity contribution is -0.142. The predicted octanol–water partition coefficient (Wildman–Crippen LogP) is 2.77. The molecule has 0 fully saturated rings. The predicted molar refractivity (Wildman–Crippen MR) is 80.4 cm³/mol. The number of carboxylic acids is 1. The van der Waals surface area contributed by atoms with Gasteiger partial charge < -0.3 is 10.4 Å². The SMILES string of the molecule is CSCCC(NC(=O)CC(C)CC(C)(C)C)C(=O)O. The fourth-order valence-electron chi connectivity index (χ4n) is 2.18. The number of nitrogens with one attached hydrogen (secondary N) is 1. The number of aliphatic carboxylic acids is 1. The number of thioether (sulfide) groups is 1. The zero-order valence-corrected chi connectivity index (χ0v) is 13.5. The van der Waals surface area contributed by atoms with Crippen LogP contribution in [0.1, 0.15) is 47.0 Å². The molecule has 0 saturated heterocycles. The first-order valence-corrected chi connectivity index (χ1v) is 8.06. The summed E-state index contributed by atoms with van der Waals surface area (Å²) in [6, 6.07) is -0.762. The molecule has 19 heavy (non-hydrogen) atoms. The van der Waals surface area contributed by atoms with Crippen LogP contribution in [0.4, 0.5) is 0 Å². The van der Waals surface area contributed by atoms with E-state index in [4.69, 9.17) is 5.11 Å². The third kappa shape index (κ3) is 9.82. The van der Waals surface area contributed by atoms with Crippen molar-refractivity contribution in [1.29, 1.82) is 0 Å². The minimum absolute atomic E-state index is 0.162. The maximum absolute atomic E-state index is 11.8.